The molecule has 8 heteroatoms. The zero-order valence-electron chi connectivity index (χ0n) is 12.4. The van der Waals surface area contributed by atoms with E-state index in [0.717, 1.165) is 4.57 Å². The van der Waals surface area contributed by atoms with Gasteiger partial charge in [-0.15, -0.1) is 0 Å². The molecule has 1 amide bonds. The molecule has 2 N–H and O–H groups in total. The molecule has 0 fully saturated rings. The van der Waals surface area contributed by atoms with Gasteiger partial charge in [-0.25, -0.2) is 4.79 Å². The number of nitrogens with one attached hydrogen (secondary N) is 2. The number of aromatic amines is 1. The van der Waals surface area contributed by atoms with Gasteiger partial charge in [-0.3, -0.25) is 19.1 Å². The Morgan fingerprint density at radius 1 is 1.12 bits per heavy atom. The first kappa shape index (κ1) is 15.8. The van der Waals surface area contributed by atoms with E-state index in [-0.39, 0.29) is 6.54 Å². The van der Waals surface area contributed by atoms with Gasteiger partial charge in [0, 0.05) is 29.7 Å². The second-order valence-corrected chi connectivity index (χ2v) is 5.47. The second kappa shape index (κ2) is 6.59. The lowest BCUT2D eigenvalue weighted by Crippen LogP contribution is -2.32. The molecular weight excluding hydrogens is 332 g/mol. The molecule has 0 radical (unpaired) electrons. The number of anilines is 1. The monoisotopic (exact) mass is 344 g/mol. The minimum Gasteiger partial charge on any atom is -0.323 e. The van der Waals surface area contributed by atoms with Crippen molar-refractivity contribution >= 4 is 23.2 Å². The van der Waals surface area contributed by atoms with Crippen molar-refractivity contribution in [1.82, 2.24) is 14.1 Å². The molecule has 1 aromatic carbocycles. The van der Waals surface area contributed by atoms with Gasteiger partial charge in [0.1, 0.15) is 6.54 Å². The summed E-state index contributed by atoms with van der Waals surface area (Å²) in [6.07, 6.45) is 4.93. The first-order valence-corrected chi connectivity index (χ1v) is 7.43. The van der Waals surface area contributed by atoms with Crippen LogP contribution in [0.4, 0.5) is 5.69 Å². The highest BCUT2D eigenvalue weighted by Crippen LogP contribution is 2.24. The Morgan fingerprint density at radius 3 is 2.58 bits per heavy atom. The molecule has 0 aliphatic carbocycles. The molecular formula is C16H13ClN4O3. The summed E-state index contributed by atoms with van der Waals surface area (Å²) in [4.78, 5) is 37.0. The Labute approximate surface area is 141 Å². The van der Waals surface area contributed by atoms with Crippen molar-refractivity contribution in [1.29, 1.82) is 0 Å². The number of hydrogen-bond acceptors (Lipinski definition) is 3. The van der Waals surface area contributed by atoms with E-state index in [1.54, 1.807) is 18.2 Å². The number of carbonyl (C=O) groups excluding carboxylic acids is 1. The van der Waals surface area contributed by atoms with E-state index in [9.17, 15) is 14.4 Å². The number of nitrogens with zero attached hydrogens (tertiary/aromatic N) is 2. The van der Waals surface area contributed by atoms with Crippen LogP contribution in [0.1, 0.15) is 0 Å². The maximum atomic E-state index is 12.2. The molecule has 122 valence electrons. The van der Waals surface area contributed by atoms with Crippen LogP contribution in [0.2, 0.25) is 5.02 Å². The van der Waals surface area contributed by atoms with Crippen LogP contribution < -0.4 is 16.6 Å². The molecule has 0 bridgehead atoms. The Morgan fingerprint density at radius 2 is 1.88 bits per heavy atom. The minimum atomic E-state index is -0.639. The standard InChI is InChI=1S/C16H13ClN4O3/c17-11-3-4-12(13(9-11)20-6-1-2-7-20)18-15(23)10-21-8-5-14(22)19-16(21)24/h1-9H,10H2,(H,18,23)(H,19,22,24). The summed E-state index contributed by atoms with van der Waals surface area (Å²) in [5.41, 5.74) is 0.108. The summed E-state index contributed by atoms with van der Waals surface area (Å²) < 4.78 is 2.93. The zero-order chi connectivity index (χ0) is 17.1. The van der Waals surface area contributed by atoms with Gasteiger partial charge in [0.2, 0.25) is 5.91 Å². The van der Waals surface area contributed by atoms with Gasteiger partial charge in [-0.1, -0.05) is 11.6 Å². The third-order valence-electron chi connectivity index (χ3n) is 3.33. The molecule has 7 nitrogen and oxygen atoms in total. The van der Waals surface area contributed by atoms with Gasteiger partial charge in [0.15, 0.2) is 0 Å². The molecule has 3 aromatic rings. The molecule has 0 unspecified atom stereocenters. The van der Waals surface area contributed by atoms with E-state index >= 15 is 0 Å². The number of aromatic nitrogens is 3. The van der Waals surface area contributed by atoms with Crippen LogP contribution in [0, 0.1) is 0 Å². The van der Waals surface area contributed by atoms with Gasteiger partial charge in [0.05, 0.1) is 11.4 Å². The number of halogens is 1. The predicted molar refractivity (Wildman–Crippen MR) is 90.7 cm³/mol. The van der Waals surface area contributed by atoms with Crippen LogP contribution in [-0.2, 0) is 11.3 Å². The molecule has 0 aliphatic heterocycles. The van der Waals surface area contributed by atoms with Gasteiger partial charge in [-0.05, 0) is 30.3 Å². The van der Waals surface area contributed by atoms with Gasteiger partial charge >= 0.3 is 5.69 Å². The van der Waals surface area contributed by atoms with E-state index in [1.807, 2.05) is 29.1 Å². The lowest BCUT2D eigenvalue weighted by Gasteiger charge is -2.13. The number of rotatable bonds is 4. The Bertz CT molecular complexity index is 989. The van der Waals surface area contributed by atoms with E-state index < -0.39 is 17.2 Å². The van der Waals surface area contributed by atoms with Gasteiger partial charge < -0.3 is 9.88 Å². The smallest absolute Gasteiger partial charge is 0.323 e. The summed E-state index contributed by atoms with van der Waals surface area (Å²) in [5.74, 6) is -0.403. The zero-order valence-corrected chi connectivity index (χ0v) is 13.2. The molecule has 0 aliphatic rings. The average Bonchev–Trinajstić information content (AvgIpc) is 3.06. The normalized spacial score (nSPS) is 10.5. The van der Waals surface area contributed by atoms with Crippen molar-refractivity contribution in [3.05, 3.63) is 80.8 Å². The molecule has 24 heavy (non-hydrogen) atoms. The largest absolute Gasteiger partial charge is 0.328 e. The van der Waals surface area contributed by atoms with E-state index in [0.29, 0.717) is 16.4 Å². The lowest BCUT2D eigenvalue weighted by molar-refractivity contribution is -0.116. The van der Waals surface area contributed by atoms with E-state index in [2.05, 4.69) is 10.3 Å². The molecule has 0 saturated heterocycles. The number of hydrogen-bond donors (Lipinski definition) is 2. The van der Waals surface area contributed by atoms with Crippen molar-refractivity contribution in [3.63, 3.8) is 0 Å². The maximum Gasteiger partial charge on any atom is 0.328 e. The van der Waals surface area contributed by atoms with E-state index in [1.165, 1.54) is 12.3 Å². The second-order valence-electron chi connectivity index (χ2n) is 5.04. The van der Waals surface area contributed by atoms with Crippen molar-refractivity contribution in [2.75, 3.05) is 5.32 Å². The number of H-pyrrole nitrogens is 1. The molecule has 3 rings (SSSR count). The number of carbonyl (C=O) groups is 1. The van der Waals surface area contributed by atoms with Gasteiger partial charge in [-0.2, -0.15) is 0 Å². The highest BCUT2D eigenvalue weighted by molar-refractivity contribution is 6.30. The Kier molecular flexibility index (Phi) is 4.35. The molecule has 0 spiro atoms. The molecule has 0 atom stereocenters. The van der Waals surface area contributed by atoms with Crippen LogP contribution >= 0.6 is 11.6 Å². The summed E-state index contributed by atoms with van der Waals surface area (Å²) >= 11 is 6.03. The Balaban J connectivity index is 1.84. The lowest BCUT2D eigenvalue weighted by atomic mass is 10.2. The van der Waals surface area contributed by atoms with E-state index in [4.69, 9.17) is 11.6 Å². The minimum absolute atomic E-state index is 0.219. The first-order valence-electron chi connectivity index (χ1n) is 7.05. The van der Waals surface area contributed by atoms with Crippen LogP contribution in [0.15, 0.2) is 64.6 Å². The van der Waals surface area contributed by atoms with Crippen molar-refractivity contribution in [2.45, 2.75) is 6.54 Å². The number of amides is 1. The average molecular weight is 345 g/mol. The SMILES string of the molecule is O=C(Cn1ccc(=O)[nH]c1=O)Nc1ccc(Cl)cc1-n1cccc1. The summed E-state index contributed by atoms with van der Waals surface area (Å²) in [7, 11) is 0. The van der Waals surface area contributed by atoms with Crippen molar-refractivity contribution in [2.24, 2.45) is 0 Å². The summed E-state index contributed by atoms with van der Waals surface area (Å²) in [6.45, 7) is -0.219. The van der Waals surface area contributed by atoms with Crippen LogP contribution in [0.25, 0.3) is 5.69 Å². The molecule has 0 saturated carbocycles. The Hall–Kier alpha value is -3.06. The van der Waals surface area contributed by atoms with Crippen LogP contribution in [-0.4, -0.2) is 20.0 Å². The predicted octanol–water partition coefficient (Wildman–Crippen LogP) is 1.62. The topological polar surface area (TPSA) is 88.9 Å². The fraction of sp³-hybridized carbons (Fsp3) is 0.0625. The van der Waals surface area contributed by atoms with Gasteiger partial charge in [0.25, 0.3) is 5.56 Å². The molecule has 2 heterocycles. The fourth-order valence-electron chi connectivity index (χ4n) is 2.23. The quantitative estimate of drug-likeness (QED) is 0.753. The summed E-state index contributed by atoms with van der Waals surface area (Å²) in [6, 6.07) is 9.96. The van der Waals surface area contributed by atoms with Crippen LogP contribution in [0.5, 0.6) is 0 Å². The number of benzene rings is 1. The van der Waals surface area contributed by atoms with Crippen molar-refractivity contribution in [3.8, 4) is 5.69 Å². The third kappa shape index (κ3) is 3.47. The highest BCUT2D eigenvalue weighted by Gasteiger charge is 2.10. The fourth-order valence-corrected chi connectivity index (χ4v) is 2.40. The summed E-state index contributed by atoms with van der Waals surface area (Å²) in [5, 5.41) is 3.28. The molecule has 2 aromatic heterocycles. The third-order valence-corrected chi connectivity index (χ3v) is 3.56. The maximum absolute atomic E-state index is 12.2. The van der Waals surface area contributed by atoms with Crippen LogP contribution in [0.3, 0.4) is 0 Å². The van der Waals surface area contributed by atoms with Crippen molar-refractivity contribution < 1.29 is 4.79 Å². The first-order chi connectivity index (χ1) is 11.5. The highest BCUT2D eigenvalue weighted by atomic mass is 35.5.